The first kappa shape index (κ1) is 24.5. The Morgan fingerprint density at radius 1 is 0.750 bits per heavy atom. The molecule has 0 radical (unpaired) electrons. The van der Waals surface area contributed by atoms with Crippen molar-refractivity contribution in [2.24, 2.45) is 11.8 Å². The molecule has 2 unspecified atom stereocenters. The van der Waals surface area contributed by atoms with Crippen LogP contribution < -0.4 is 20.4 Å². The predicted octanol–water partition coefficient (Wildman–Crippen LogP) is 2.53. The molecule has 36 heavy (non-hydrogen) atoms. The van der Waals surface area contributed by atoms with E-state index in [1.54, 1.807) is 12.4 Å². The second kappa shape index (κ2) is 11.7. The summed E-state index contributed by atoms with van der Waals surface area (Å²) in [4.78, 5) is 39.8. The average Bonchev–Trinajstić information content (AvgIpc) is 2.94. The Morgan fingerprint density at radius 2 is 1.19 bits per heavy atom. The van der Waals surface area contributed by atoms with Crippen LogP contribution in [0.1, 0.15) is 25.7 Å². The number of nitrogens with zero attached hydrogens (tertiary/aromatic N) is 4. The van der Waals surface area contributed by atoms with Crippen molar-refractivity contribution in [3.63, 3.8) is 0 Å². The van der Waals surface area contributed by atoms with Crippen LogP contribution in [0.4, 0.5) is 23.0 Å². The summed E-state index contributed by atoms with van der Waals surface area (Å²) in [6, 6.07) is 7.43. The maximum absolute atomic E-state index is 13.2. The van der Waals surface area contributed by atoms with Crippen molar-refractivity contribution in [3.05, 3.63) is 36.7 Å². The number of pyridine rings is 2. The molecule has 192 valence electrons. The number of aromatic nitrogens is 2. The number of nitrogens with one attached hydrogen (secondary N) is 2. The topological polar surface area (TPSA) is 109 Å². The van der Waals surface area contributed by atoms with Crippen LogP contribution in [0.15, 0.2) is 36.7 Å². The van der Waals surface area contributed by atoms with Gasteiger partial charge < -0.3 is 29.9 Å². The van der Waals surface area contributed by atoms with Crippen LogP contribution >= 0.6 is 0 Å². The van der Waals surface area contributed by atoms with Gasteiger partial charge in [0.1, 0.15) is 0 Å². The van der Waals surface area contributed by atoms with Gasteiger partial charge in [0, 0.05) is 50.4 Å². The Hall–Kier alpha value is -3.24. The maximum Gasteiger partial charge on any atom is 0.227 e. The van der Waals surface area contributed by atoms with E-state index in [1.807, 2.05) is 24.3 Å². The maximum atomic E-state index is 13.2. The molecule has 10 heteroatoms. The number of rotatable bonds is 6. The average molecular weight is 495 g/mol. The molecule has 2 atom stereocenters. The first-order valence-electron chi connectivity index (χ1n) is 12.9. The van der Waals surface area contributed by atoms with Crippen molar-refractivity contribution >= 4 is 34.8 Å². The normalized spacial score (nSPS) is 22.7. The first-order chi connectivity index (χ1) is 17.7. The molecule has 0 spiro atoms. The van der Waals surface area contributed by atoms with E-state index < -0.39 is 0 Å². The van der Waals surface area contributed by atoms with Gasteiger partial charge in [-0.15, -0.1) is 0 Å². The van der Waals surface area contributed by atoms with Crippen LogP contribution in [-0.2, 0) is 19.1 Å². The summed E-state index contributed by atoms with van der Waals surface area (Å²) in [5.74, 6) is 0.994. The number of carbonyl (C=O) groups is 2. The van der Waals surface area contributed by atoms with E-state index >= 15 is 0 Å². The van der Waals surface area contributed by atoms with Crippen molar-refractivity contribution in [1.29, 1.82) is 0 Å². The van der Waals surface area contributed by atoms with Gasteiger partial charge in [-0.05, 0) is 43.5 Å². The molecular weight excluding hydrogens is 460 g/mol. The minimum atomic E-state index is -0.222. The summed E-state index contributed by atoms with van der Waals surface area (Å²) >= 11 is 0. The minimum absolute atomic E-state index is 0.0506. The lowest BCUT2D eigenvalue weighted by Gasteiger charge is -2.31. The molecule has 4 heterocycles. The molecule has 2 saturated heterocycles. The van der Waals surface area contributed by atoms with E-state index in [1.165, 1.54) is 0 Å². The summed E-state index contributed by atoms with van der Waals surface area (Å²) in [6.45, 7) is 5.56. The molecule has 5 rings (SSSR count). The third-order valence-corrected chi connectivity index (χ3v) is 7.13. The fraction of sp³-hybridized carbons (Fsp3) is 0.538. The van der Waals surface area contributed by atoms with Gasteiger partial charge in [0.15, 0.2) is 11.6 Å². The number of morpholine rings is 2. The van der Waals surface area contributed by atoms with Gasteiger partial charge in [-0.2, -0.15) is 0 Å². The minimum Gasteiger partial charge on any atom is -0.378 e. The van der Waals surface area contributed by atoms with E-state index in [4.69, 9.17) is 9.47 Å². The summed E-state index contributed by atoms with van der Waals surface area (Å²) in [5.41, 5.74) is 1.42. The second-order valence-corrected chi connectivity index (χ2v) is 9.49. The molecule has 2 aliphatic heterocycles. The molecule has 2 aromatic heterocycles. The Bertz CT molecular complexity index is 973. The molecule has 1 saturated carbocycles. The van der Waals surface area contributed by atoms with Crippen molar-refractivity contribution in [2.45, 2.75) is 25.7 Å². The number of amides is 2. The molecule has 2 aromatic rings. The summed E-state index contributed by atoms with van der Waals surface area (Å²) in [6.07, 6.45) is 6.39. The summed E-state index contributed by atoms with van der Waals surface area (Å²) in [7, 11) is 0. The lowest BCUT2D eigenvalue weighted by molar-refractivity contribution is -0.124. The van der Waals surface area contributed by atoms with E-state index in [0.717, 1.165) is 57.1 Å². The standard InChI is InChI=1S/C26H34N6O4/c33-25(29-21-6-2-8-27-23(21)31-10-14-35-15-11-31)19-4-1-5-20(18-19)26(34)30-22-7-3-9-28-24(22)32-12-16-36-17-13-32/h2-3,6-9,19-20H,1,4-5,10-18H2,(H,29,33)(H,30,34). The summed E-state index contributed by atoms with van der Waals surface area (Å²) < 4.78 is 10.9. The smallest absolute Gasteiger partial charge is 0.227 e. The number of ether oxygens (including phenoxy) is 2. The monoisotopic (exact) mass is 494 g/mol. The molecule has 0 aromatic carbocycles. The van der Waals surface area contributed by atoms with Gasteiger partial charge in [0.2, 0.25) is 11.8 Å². The van der Waals surface area contributed by atoms with Gasteiger partial charge in [-0.3, -0.25) is 9.59 Å². The van der Waals surface area contributed by atoms with Crippen molar-refractivity contribution in [2.75, 3.05) is 73.0 Å². The highest BCUT2D eigenvalue weighted by molar-refractivity contribution is 5.98. The van der Waals surface area contributed by atoms with Crippen LogP contribution in [0.5, 0.6) is 0 Å². The molecule has 2 N–H and O–H groups in total. The second-order valence-electron chi connectivity index (χ2n) is 9.49. The lowest BCUT2D eigenvalue weighted by Crippen LogP contribution is -2.38. The number of carbonyl (C=O) groups excluding carboxylic acids is 2. The largest absolute Gasteiger partial charge is 0.378 e. The molecule has 3 aliphatic rings. The highest BCUT2D eigenvalue weighted by atomic mass is 16.5. The summed E-state index contributed by atoms with van der Waals surface area (Å²) in [5, 5.41) is 6.19. The molecule has 0 bridgehead atoms. The number of anilines is 4. The third kappa shape index (κ3) is 5.76. The zero-order chi connectivity index (χ0) is 24.7. The highest BCUT2D eigenvalue weighted by Gasteiger charge is 2.32. The van der Waals surface area contributed by atoms with Crippen molar-refractivity contribution < 1.29 is 19.1 Å². The van der Waals surface area contributed by atoms with Crippen molar-refractivity contribution in [3.8, 4) is 0 Å². The Kier molecular flexibility index (Phi) is 7.92. The fourth-order valence-corrected chi connectivity index (χ4v) is 5.18. The molecular formula is C26H34N6O4. The lowest BCUT2D eigenvalue weighted by atomic mass is 9.80. The van der Waals surface area contributed by atoms with Crippen LogP contribution in [0.25, 0.3) is 0 Å². The van der Waals surface area contributed by atoms with E-state index in [-0.39, 0.29) is 23.7 Å². The van der Waals surface area contributed by atoms with E-state index in [0.29, 0.717) is 44.2 Å². The van der Waals surface area contributed by atoms with Crippen LogP contribution in [-0.4, -0.2) is 74.4 Å². The number of hydrogen-bond acceptors (Lipinski definition) is 8. The molecule has 10 nitrogen and oxygen atoms in total. The Balaban J connectivity index is 1.22. The van der Waals surface area contributed by atoms with Gasteiger partial charge in [-0.1, -0.05) is 6.42 Å². The third-order valence-electron chi connectivity index (χ3n) is 7.13. The predicted molar refractivity (Wildman–Crippen MR) is 137 cm³/mol. The molecule has 1 aliphatic carbocycles. The van der Waals surface area contributed by atoms with E-state index in [9.17, 15) is 9.59 Å². The van der Waals surface area contributed by atoms with Gasteiger partial charge in [0.25, 0.3) is 0 Å². The van der Waals surface area contributed by atoms with Crippen LogP contribution in [0.2, 0.25) is 0 Å². The fourth-order valence-electron chi connectivity index (χ4n) is 5.18. The first-order valence-corrected chi connectivity index (χ1v) is 12.9. The van der Waals surface area contributed by atoms with Crippen LogP contribution in [0.3, 0.4) is 0 Å². The zero-order valence-corrected chi connectivity index (χ0v) is 20.5. The van der Waals surface area contributed by atoms with E-state index in [2.05, 4.69) is 30.4 Å². The van der Waals surface area contributed by atoms with Gasteiger partial charge in [-0.25, -0.2) is 9.97 Å². The number of hydrogen-bond donors (Lipinski definition) is 2. The Morgan fingerprint density at radius 3 is 1.64 bits per heavy atom. The molecule has 2 amide bonds. The quantitative estimate of drug-likeness (QED) is 0.631. The van der Waals surface area contributed by atoms with Gasteiger partial charge in [0.05, 0.1) is 37.8 Å². The van der Waals surface area contributed by atoms with Crippen molar-refractivity contribution in [1.82, 2.24) is 9.97 Å². The highest BCUT2D eigenvalue weighted by Crippen LogP contribution is 2.33. The van der Waals surface area contributed by atoms with Gasteiger partial charge >= 0.3 is 0 Å². The SMILES string of the molecule is O=C(Nc1cccnc1N1CCOCC1)C1CCCC(C(=O)Nc2cccnc2N2CCOCC2)C1. The zero-order valence-electron chi connectivity index (χ0n) is 20.5. The van der Waals surface area contributed by atoms with Crippen LogP contribution in [0, 0.1) is 11.8 Å². The Labute approximate surface area is 211 Å². The molecule has 3 fully saturated rings.